The fourth-order valence-corrected chi connectivity index (χ4v) is 8.80. The molecule has 2 amide bonds. The Kier molecular flexibility index (Phi) is 5.14. The number of amides is 2. The van der Waals surface area contributed by atoms with Crippen LogP contribution in [0, 0.1) is 23.2 Å². The van der Waals surface area contributed by atoms with Crippen molar-refractivity contribution in [1.82, 2.24) is 15.1 Å². The van der Waals surface area contributed by atoms with E-state index in [-0.39, 0.29) is 17.4 Å². The lowest BCUT2D eigenvalue weighted by molar-refractivity contribution is -0.160. The van der Waals surface area contributed by atoms with Gasteiger partial charge in [-0.3, -0.25) is 14.5 Å². The summed E-state index contributed by atoms with van der Waals surface area (Å²) < 4.78 is 0. The summed E-state index contributed by atoms with van der Waals surface area (Å²) in [6.45, 7) is 4.40. The third-order valence-corrected chi connectivity index (χ3v) is 9.95. The molecule has 0 spiro atoms. The van der Waals surface area contributed by atoms with Crippen LogP contribution >= 0.6 is 11.3 Å². The quantitative estimate of drug-likeness (QED) is 0.762. The number of nitrogens with one attached hydrogen (secondary N) is 1. The van der Waals surface area contributed by atoms with E-state index in [9.17, 15) is 9.59 Å². The van der Waals surface area contributed by atoms with Crippen LogP contribution in [0.25, 0.3) is 0 Å². The van der Waals surface area contributed by atoms with Gasteiger partial charge in [-0.1, -0.05) is 0 Å². The Morgan fingerprint density at radius 2 is 1.84 bits per heavy atom. The van der Waals surface area contributed by atoms with Crippen molar-refractivity contribution in [3.05, 3.63) is 21.9 Å². The van der Waals surface area contributed by atoms with Crippen LogP contribution in [-0.4, -0.2) is 53.8 Å². The maximum Gasteiger partial charge on any atom is 0.242 e. The van der Waals surface area contributed by atoms with E-state index < -0.39 is 0 Å². The van der Waals surface area contributed by atoms with Gasteiger partial charge in [0.05, 0.1) is 5.41 Å². The first-order chi connectivity index (χ1) is 15.1. The largest absolute Gasteiger partial charge is 0.353 e. The fourth-order valence-electron chi connectivity index (χ4n) is 7.91. The molecule has 0 aromatic carbocycles. The summed E-state index contributed by atoms with van der Waals surface area (Å²) >= 11 is 1.86. The van der Waals surface area contributed by atoms with Crippen molar-refractivity contribution in [3.8, 4) is 0 Å². The van der Waals surface area contributed by atoms with E-state index in [2.05, 4.69) is 21.7 Å². The van der Waals surface area contributed by atoms with Gasteiger partial charge in [-0.25, -0.2) is 0 Å². The van der Waals surface area contributed by atoms with E-state index in [4.69, 9.17) is 0 Å². The zero-order valence-electron chi connectivity index (χ0n) is 18.5. The summed E-state index contributed by atoms with van der Waals surface area (Å²) in [4.78, 5) is 32.8. The number of carbonyl (C=O) groups excluding carboxylic acids is 2. The van der Waals surface area contributed by atoms with Crippen LogP contribution in [0.3, 0.4) is 0 Å². The minimum absolute atomic E-state index is 0.0730. The average molecular weight is 442 g/mol. The minimum Gasteiger partial charge on any atom is -0.353 e. The number of hydrogen-bond acceptors (Lipinski definition) is 4. The lowest BCUT2D eigenvalue weighted by Gasteiger charge is -2.56. The van der Waals surface area contributed by atoms with Crippen molar-refractivity contribution in [2.24, 2.45) is 23.2 Å². The molecule has 0 radical (unpaired) electrons. The topological polar surface area (TPSA) is 52.7 Å². The summed E-state index contributed by atoms with van der Waals surface area (Å²) in [7, 11) is 0. The molecule has 4 aliphatic carbocycles. The Morgan fingerprint density at radius 3 is 2.58 bits per heavy atom. The van der Waals surface area contributed by atoms with Gasteiger partial charge >= 0.3 is 0 Å². The number of carbonyl (C=O) groups is 2. The van der Waals surface area contributed by atoms with Crippen molar-refractivity contribution in [2.75, 3.05) is 26.2 Å². The summed E-state index contributed by atoms with van der Waals surface area (Å²) in [6.07, 6.45) is 10.2. The highest BCUT2D eigenvalue weighted by atomic mass is 32.1. The van der Waals surface area contributed by atoms with Gasteiger partial charge in [-0.15, -0.1) is 11.3 Å². The third kappa shape index (κ3) is 3.64. The van der Waals surface area contributed by atoms with Gasteiger partial charge in [0.1, 0.15) is 6.04 Å². The van der Waals surface area contributed by atoms with E-state index in [1.165, 1.54) is 29.7 Å². The van der Waals surface area contributed by atoms with Crippen molar-refractivity contribution in [2.45, 2.75) is 70.4 Å². The lowest BCUT2D eigenvalue weighted by Crippen LogP contribution is -2.57. The van der Waals surface area contributed by atoms with Crippen LogP contribution in [0.1, 0.15) is 61.8 Å². The number of thiophene rings is 1. The molecule has 4 saturated carbocycles. The molecule has 168 valence electrons. The first-order valence-corrected chi connectivity index (χ1v) is 13.3. The van der Waals surface area contributed by atoms with E-state index in [1.54, 1.807) is 0 Å². The molecule has 4 bridgehead atoms. The van der Waals surface area contributed by atoms with E-state index in [1.807, 2.05) is 16.2 Å². The summed E-state index contributed by atoms with van der Waals surface area (Å²) in [5.41, 5.74) is 1.31. The van der Waals surface area contributed by atoms with Crippen LogP contribution in [0.5, 0.6) is 0 Å². The van der Waals surface area contributed by atoms with E-state index >= 15 is 0 Å². The normalized spacial score (nSPS) is 36.6. The van der Waals surface area contributed by atoms with Crippen molar-refractivity contribution in [1.29, 1.82) is 0 Å². The van der Waals surface area contributed by atoms with Gasteiger partial charge < -0.3 is 10.2 Å². The van der Waals surface area contributed by atoms with E-state index in [0.29, 0.717) is 12.5 Å². The van der Waals surface area contributed by atoms with Gasteiger partial charge in [0.2, 0.25) is 11.8 Å². The van der Waals surface area contributed by atoms with Gasteiger partial charge in [0, 0.05) is 37.6 Å². The second-order valence-corrected chi connectivity index (χ2v) is 12.0. The Morgan fingerprint density at radius 1 is 1.10 bits per heavy atom. The number of fused-ring (bicyclic) bond motifs is 1. The SMILES string of the molecule is O=C(NCCN1CCc2sccc2C1)C1CCCN1C(=O)C12CC3CC(CC(C3)C1)C2. The predicted molar refractivity (Wildman–Crippen MR) is 122 cm³/mol. The third-order valence-electron chi connectivity index (χ3n) is 8.92. The van der Waals surface area contributed by atoms with Crippen LogP contribution < -0.4 is 5.32 Å². The molecule has 31 heavy (non-hydrogen) atoms. The minimum atomic E-state index is -0.245. The lowest BCUT2D eigenvalue weighted by atomic mass is 9.49. The number of rotatable bonds is 5. The van der Waals surface area contributed by atoms with Gasteiger partial charge in [0.15, 0.2) is 0 Å². The van der Waals surface area contributed by atoms with Crippen LogP contribution in [-0.2, 0) is 22.6 Å². The first-order valence-electron chi connectivity index (χ1n) is 12.5. The standard InChI is InChI=1S/C25H35N3O2S/c29-23(26-5-8-27-7-3-22-20(16-27)4-9-31-22)21-2-1-6-28(21)24(30)25-13-17-10-18(14-25)12-19(11-17)15-25/h4,9,17-19,21H,1-3,5-8,10-16H2,(H,26,29). The molecular formula is C25H35N3O2S. The number of likely N-dealkylation sites (tertiary alicyclic amines) is 1. The summed E-state index contributed by atoms with van der Waals surface area (Å²) in [5, 5.41) is 5.36. The maximum absolute atomic E-state index is 13.8. The highest BCUT2D eigenvalue weighted by Crippen LogP contribution is 2.60. The molecule has 1 aromatic rings. The fraction of sp³-hybridized carbons (Fsp3) is 0.760. The molecule has 1 aromatic heterocycles. The molecule has 1 atom stereocenters. The van der Waals surface area contributed by atoms with E-state index in [0.717, 1.165) is 82.5 Å². The zero-order valence-corrected chi connectivity index (χ0v) is 19.3. The molecule has 1 saturated heterocycles. The Hall–Kier alpha value is -1.40. The molecule has 6 heteroatoms. The molecule has 6 aliphatic rings. The number of hydrogen-bond donors (Lipinski definition) is 1. The monoisotopic (exact) mass is 441 g/mol. The van der Waals surface area contributed by atoms with Crippen LogP contribution in [0.2, 0.25) is 0 Å². The molecule has 2 aliphatic heterocycles. The molecule has 1 unspecified atom stereocenters. The maximum atomic E-state index is 13.8. The Balaban J connectivity index is 1.05. The Bertz CT molecular complexity index is 829. The molecule has 3 heterocycles. The molecule has 1 N–H and O–H groups in total. The summed E-state index contributed by atoms with van der Waals surface area (Å²) in [6, 6.07) is 1.99. The second-order valence-electron chi connectivity index (χ2n) is 11.0. The summed E-state index contributed by atoms with van der Waals surface area (Å²) in [5.74, 6) is 2.68. The zero-order chi connectivity index (χ0) is 21.0. The Labute approximate surface area is 189 Å². The molecule has 7 rings (SSSR count). The van der Waals surface area contributed by atoms with Gasteiger partial charge in [-0.05, 0) is 92.6 Å². The highest BCUT2D eigenvalue weighted by Gasteiger charge is 2.56. The van der Waals surface area contributed by atoms with Crippen LogP contribution in [0.4, 0.5) is 0 Å². The predicted octanol–water partition coefficient (Wildman–Crippen LogP) is 3.43. The average Bonchev–Trinajstić information content (AvgIpc) is 3.41. The molecule has 5 fully saturated rings. The number of nitrogens with zero attached hydrogens (tertiary/aromatic N) is 2. The first kappa shape index (κ1) is 20.2. The van der Waals surface area contributed by atoms with Crippen molar-refractivity contribution < 1.29 is 9.59 Å². The van der Waals surface area contributed by atoms with Gasteiger partial charge in [0.25, 0.3) is 0 Å². The molecular weight excluding hydrogens is 406 g/mol. The van der Waals surface area contributed by atoms with Crippen molar-refractivity contribution in [3.63, 3.8) is 0 Å². The van der Waals surface area contributed by atoms with Crippen molar-refractivity contribution >= 4 is 23.2 Å². The highest BCUT2D eigenvalue weighted by molar-refractivity contribution is 7.10. The molecule has 5 nitrogen and oxygen atoms in total. The second kappa shape index (κ2) is 7.87. The smallest absolute Gasteiger partial charge is 0.242 e. The van der Waals surface area contributed by atoms with Gasteiger partial charge in [-0.2, -0.15) is 0 Å². The van der Waals surface area contributed by atoms with Crippen LogP contribution in [0.15, 0.2) is 11.4 Å².